The number of rotatable bonds is 3. The van der Waals surface area contributed by atoms with Gasteiger partial charge in [0, 0.05) is 41.7 Å². The van der Waals surface area contributed by atoms with Crippen molar-refractivity contribution in [2.24, 2.45) is 5.92 Å². The van der Waals surface area contributed by atoms with Gasteiger partial charge in [-0.15, -0.1) is 0 Å². The fourth-order valence-corrected chi connectivity index (χ4v) is 4.42. The third kappa shape index (κ3) is 3.28. The Kier molecular flexibility index (Phi) is 4.81. The minimum atomic E-state index is -0.00557. The molecule has 0 spiro atoms. The molecular weight excluding hydrogens is 326 g/mol. The zero-order chi connectivity index (χ0) is 18.1. The van der Waals surface area contributed by atoms with E-state index in [4.69, 9.17) is 0 Å². The number of amides is 1. The van der Waals surface area contributed by atoms with Crippen LogP contribution in [-0.2, 0) is 4.79 Å². The number of fused-ring (bicyclic) bond motifs is 1. The number of ketones is 1. The number of likely N-dealkylation sites (tertiary alicyclic amines) is 1. The minimum absolute atomic E-state index is 0.00557. The number of carbonyl (C=O) groups excluding carboxylic acids is 2. The van der Waals surface area contributed by atoms with Gasteiger partial charge in [-0.2, -0.15) is 0 Å². The molecule has 26 heavy (non-hydrogen) atoms. The maximum Gasteiger partial charge on any atom is 0.253 e. The van der Waals surface area contributed by atoms with Crippen molar-refractivity contribution in [1.82, 2.24) is 15.2 Å². The van der Waals surface area contributed by atoms with E-state index in [1.807, 2.05) is 23.1 Å². The lowest BCUT2D eigenvalue weighted by atomic mass is 9.89. The van der Waals surface area contributed by atoms with E-state index in [0.717, 1.165) is 56.4 Å². The van der Waals surface area contributed by atoms with E-state index >= 15 is 0 Å². The van der Waals surface area contributed by atoms with Gasteiger partial charge >= 0.3 is 0 Å². The lowest BCUT2D eigenvalue weighted by Gasteiger charge is -2.31. The van der Waals surface area contributed by atoms with E-state index in [1.165, 1.54) is 10.9 Å². The van der Waals surface area contributed by atoms with Gasteiger partial charge in [0.2, 0.25) is 0 Å². The van der Waals surface area contributed by atoms with Crippen LogP contribution in [0.5, 0.6) is 0 Å². The molecule has 2 aliphatic rings. The number of Topliss-reactive ketones (excluding diaryl/α,β-unsaturated/α-hetero) is 1. The highest BCUT2D eigenvalue weighted by Gasteiger charge is 2.27. The van der Waals surface area contributed by atoms with E-state index in [0.29, 0.717) is 12.5 Å². The Bertz CT molecular complexity index is 820. The Hall–Kier alpha value is -2.14. The number of hydrogen-bond acceptors (Lipinski definition) is 3. The lowest BCUT2D eigenvalue weighted by molar-refractivity contribution is -0.121. The van der Waals surface area contributed by atoms with Gasteiger partial charge in [0.15, 0.2) is 0 Å². The molecule has 0 bridgehead atoms. The zero-order valence-corrected chi connectivity index (χ0v) is 15.4. The average molecular weight is 353 g/mol. The van der Waals surface area contributed by atoms with Gasteiger partial charge in [-0.25, -0.2) is 0 Å². The summed E-state index contributed by atoms with van der Waals surface area (Å²) in [7, 11) is 0. The number of H-pyrrole nitrogens is 1. The van der Waals surface area contributed by atoms with Crippen LogP contribution in [0, 0.1) is 5.92 Å². The lowest BCUT2D eigenvalue weighted by Crippen LogP contribution is -2.41. The molecule has 2 fully saturated rings. The molecule has 5 heteroatoms. The predicted octanol–water partition coefficient (Wildman–Crippen LogP) is 3.08. The van der Waals surface area contributed by atoms with E-state index in [1.54, 1.807) is 6.92 Å². The number of aromatic amines is 1. The third-order valence-corrected chi connectivity index (χ3v) is 6.02. The van der Waals surface area contributed by atoms with Gasteiger partial charge in [0.25, 0.3) is 5.91 Å². The first kappa shape index (κ1) is 17.3. The van der Waals surface area contributed by atoms with E-state index < -0.39 is 0 Å². The molecule has 1 aromatic carbocycles. The maximum atomic E-state index is 13.0. The van der Waals surface area contributed by atoms with Crippen LogP contribution >= 0.6 is 0 Å². The van der Waals surface area contributed by atoms with Gasteiger partial charge in [-0.05, 0) is 75.4 Å². The zero-order valence-electron chi connectivity index (χ0n) is 15.4. The van der Waals surface area contributed by atoms with Gasteiger partial charge in [0.05, 0.1) is 0 Å². The summed E-state index contributed by atoms with van der Waals surface area (Å²) in [4.78, 5) is 29.9. The van der Waals surface area contributed by atoms with Crippen LogP contribution in [0.3, 0.4) is 0 Å². The SMILES string of the molecule is CC(=O)C1CCCN(C(=O)c2ccc3[nH]cc(C4CCNCC4)c3c2)C1. The molecule has 1 unspecified atom stereocenters. The quantitative estimate of drug-likeness (QED) is 0.891. The Morgan fingerprint density at radius 1 is 1.15 bits per heavy atom. The second kappa shape index (κ2) is 7.23. The second-order valence-corrected chi connectivity index (χ2v) is 7.73. The highest BCUT2D eigenvalue weighted by atomic mass is 16.2. The molecule has 3 heterocycles. The Balaban J connectivity index is 1.60. The molecule has 1 atom stereocenters. The van der Waals surface area contributed by atoms with Crippen molar-refractivity contribution in [3.05, 3.63) is 35.5 Å². The number of carbonyl (C=O) groups is 2. The second-order valence-electron chi connectivity index (χ2n) is 7.73. The first-order valence-electron chi connectivity index (χ1n) is 9.75. The first-order chi connectivity index (χ1) is 12.6. The topological polar surface area (TPSA) is 65.2 Å². The standard InChI is InChI=1S/C21H27N3O2/c1-14(25)17-3-2-10-24(13-17)21(26)16-4-5-20-18(11-16)19(12-23-20)15-6-8-22-9-7-15/h4-5,11-12,15,17,22-23H,2-3,6-10,13H2,1H3. The fourth-order valence-electron chi connectivity index (χ4n) is 4.42. The summed E-state index contributed by atoms with van der Waals surface area (Å²) in [6.45, 7) is 5.04. The van der Waals surface area contributed by atoms with Crippen LogP contribution in [0.25, 0.3) is 10.9 Å². The highest BCUT2D eigenvalue weighted by molar-refractivity contribution is 5.99. The Morgan fingerprint density at radius 3 is 2.73 bits per heavy atom. The van der Waals surface area contributed by atoms with Crippen LogP contribution in [0.1, 0.15) is 54.4 Å². The van der Waals surface area contributed by atoms with Gasteiger partial charge in [-0.1, -0.05) is 0 Å². The smallest absolute Gasteiger partial charge is 0.253 e. The number of hydrogen-bond donors (Lipinski definition) is 2. The maximum absolute atomic E-state index is 13.0. The molecule has 1 aromatic heterocycles. The largest absolute Gasteiger partial charge is 0.361 e. The molecule has 0 aliphatic carbocycles. The molecule has 2 aliphatic heterocycles. The number of benzene rings is 1. The monoisotopic (exact) mass is 353 g/mol. The van der Waals surface area contributed by atoms with Crippen molar-refractivity contribution < 1.29 is 9.59 Å². The van der Waals surface area contributed by atoms with Crippen molar-refractivity contribution in [2.45, 2.75) is 38.5 Å². The summed E-state index contributed by atoms with van der Waals surface area (Å²) < 4.78 is 0. The van der Waals surface area contributed by atoms with E-state index in [2.05, 4.69) is 16.5 Å². The molecular formula is C21H27N3O2. The number of aromatic nitrogens is 1. The number of piperidine rings is 2. The molecule has 0 radical (unpaired) electrons. The van der Waals surface area contributed by atoms with Crippen LogP contribution in [0.15, 0.2) is 24.4 Å². The summed E-state index contributed by atoms with van der Waals surface area (Å²) in [5, 5.41) is 4.58. The van der Waals surface area contributed by atoms with Gasteiger partial charge in [-0.3, -0.25) is 9.59 Å². The van der Waals surface area contributed by atoms with Crippen molar-refractivity contribution in [1.29, 1.82) is 0 Å². The third-order valence-electron chi connectivity index (χ3n) is 6.02. The van der Waals surface area contributed by atoms with Crippen LogP contribution in [-0.4, -0.2) is 47.8 Å². The van der Waals surface area contributed by atoms with Crippen molar-refractivity contribution >= 4 is 22.6 Å². The van der Waals surface area contributed by atoms with Crippen molar-refractivity contribution in [3.8, 4) is 0 Å². The summed E-state index contributed by atoms with van der Waals surface area (Å²) in [5.74, 6) is 0.786. The summed E-state index contributed by atoms with van der Waals surface area (Å²) >= 11 is 0. The number of nitrogens with one attached hydrogen (secondary N) is 2. The molecule has 5 nitrogen and oxygen atoms in total. The molecule has 4 rings (SSSR count). The Labute approximate surface area is 154 Å². The molecule has 138 valence electrons. The molecule has 0 saturated carbocycles. The summed E-state index contributed by atoms with van der Waals surface area (Å²) in [6, 6.07) is 5.97. The average Bonchev–Trinajstić information content (AvgIpc) is 3.11. The van der Waals surface area contributed by atoms with E-state index in [-0.39, 0.29) is 17.6 Å². The minimum Gasteiger partial charge on any atom is -0.361 e. The van der Waals surface area contributed by atoms with E-state index in [9.17, 15) is 9.59 Å². The number of nitrogens with zero attached hydrogens (tertiary/aromatic N) is 1. The van der Waals surface area contributed by atoms with Crippen molar-refractivity contribution in [2.75, 3.05) is 26.2 Å². The van der Waals surface area contributed by atoms with Gasteiger partial charge in [0.1, 0.15) is 5.78 Å². The Morgan fingerprint density at radius 2 is 1.96 bits per heavy atom. The van der Waals surface area contributed by atoms with Crippen LogP contribution in [0.4, 0.5) is 0 Å². The molecule has 2 saturated heterocycles. The summed E-state index contributed by atoms with van der Waals surface area (Å²) in [5.41, 5.74) is 3.16. The fraction of sp³-hybridized carbons (Fsp3) is 0.524. The highest BCUT2D eigenvalue weighted by Crippen LogP contribution is 2.32. The normalized spacial score (nSPS) is 21.9. The molecule has 2 aromatic rings. The van der Waals surface area contributed by atoms with Crippen molar-refractivity contribution in [3.63, 3.8) is 0 Å². The molecule has 2 N–H and O–H groups in total. The van der Waals surface area contributed by atoms with Crippen LogP contribution in [0.2, 0.25) is 0 Å². The predicted molar refractivity (Wildman–Crippen MR) is 102 cm³/mol. The summed E-state index contributed by atoms with van der Waals surface area (Å²) in [6.07, 6.45) is 6.19. The van der Waals surface area contributed by atoms with Crippen LogP contribution < -0.4 is 5.32 Å². The molecule has 1 amide bonds. The first-order valence-corrected chi connectivity index (χ1v) is 9.75. The van der Waals surface area contributed by atoms with Gasteiger partial charge < -0.3 is 15.2 Å².